The number of H-pyrrole nitrogens is 3. The van der Waals surface area contributed by atoms with E-state index in [9.17, 15) is 0 Å². The van der Waals surface area contributed by atoms with Crippen molar-refractivity contribution in [3.63, 3.8) is 0 Å². The molecule has 0 amide bonds. The van der Waals surface area contributed by atoms with Gasteiger partial charge in [-0.1, -0.05) is 0 Å². The van der Waals surface area contributed by atoms with E-state index >= 15 is 0 Å². The van der Waals surface area contributed by atoms with Crippen molar-refractivity contribution in [3.05, 3.63) is 55.0 Å². The summed E-state index contributed by atoms with van der Waals surface area (Å²) in [6.07, 6.45) is 5.18. The molecule has 0 aliphatic rings. The van der Waals surface area contributed by atoms with Gasteiger partial charge in [0.25, 0.3) is 0 Å². The Labute approximate surface area is 135 Å². The van der Waals surface area contributed by atoms with Crippen LogP contribution in [0.5, 0.6) is 35.7 Å². The van der Waals surface area contributed by atoms with Crippen molar-refractivity contribution < 1.29 is 14.2 Å². The molecule has 0 radical (unpaired) electrons. The molecule has 0 unspecified atom stereocenters. The first kappa shape index (κ1) is 13.9. The van der Waals surface area contributed by atoms with Gasteiger partial charge in [-0.25, -0.2) is 0 Å². The SMILES string of the molecule is c1c[nH]c(Oc2nc(Oc3ccc[nH]3)nc(Oc3ccc[nH]3)n2)c1. The second-order valence-electron chi connectivity index (χ2n) is 4.59. The molecule has 4 aromatic rings. The number of aromatic amines is 3. The molecule has 0 aliphatic carbocycles. The second kappa shape index (κ2) is 6.16. The third-order valence-electron chi connectivity index (χ3n) is 2.89. The van der Waals surface area contributed by atoms with Gasteiger partial charge in [0.2, 0.25) is 17.6 Å². The molecule has 0 aromatic carbocycles. The Bertz CT molecular complexity index is 756. The van der Waals surface area contributed by atoms with E-state index in [0.29, 0.717) is 17.6 Å². The molecular weight excluding hydrogens is 312 g/mol. The van der Waals surface area contributed by atoms with E-state index < -0.39 is 0 Å². The van der Waals surface area contributed by atoms with Gasteiger partial charge in [0, 0.05) is 36.8 Å². The Hall–Kier alpha value is -3.75. The average Bonchev–Trinajstić information content (AvgIpc) is 3.30. The van der Waals surface area contributed by atoms with Gasteiger partial charge in [-0.15, -0.1) is 15.0 Å². The molecule has 120 valence electrons. The van der Waals surface area contributed by atoms with Crippen LogP contribution in [0.2, 0.25) is 0 Å². The highest BCUT2D eigenvalue weighted by Crippen LogP contribution is 2.24. The molecule has 0 aliphatic heterocycles. The quantitative estimate of drug-likeness (QED) is 0.502. The summed E-state index contributed by atoms with van der Waals surface area (Å²) in [5.41, 5.74) is 0. The third kappa shape index (κ3) is 3.19. The van der Waals surface area contributed by atoms with Crippen LogP contribution in [0.4, 0.5) is 0 Å². The van der Waals surface area contributed by atoms with Gasteiger partial charge >= 0.3 is 18.0 Å². The topological polar surface area (TPSA) is 114 Å². The first-order valence-electron chi connectivity index (χ1n) is 7.05. The third-order valence-corrected chi connectivity index (χ3v) is 2.89. The summed E-state index contributed by atoms with van der Waals surface area (Å²) >= 11 is 0. The van der Waals surface area contributed by atoms with Crippen molar-refractivity contribution in [2.24, 2.45) is 0 Å². The van der Waals surface area contributed by atoms with E-state index in [1.54, 1.807) is 55.0 Å². The molecule has 9 nitrogen and oxygen atoms in total. The number of hydrogen-bond acceptors (Lipinski definition) is 6. The Balaban J connectivity index is 1.63. The highest BCUT2D eigenvalue weighted by Gasteiger charge is 2.13. The Morgan fingerprint density at radius 1 is 0.542 bits per heavy atom. The summed E-state index contributed by atoms with van der Waals surface area (Å²) in [5.74, 6) is 1.45. The van der Waals surface area contributed by atoms with E-state index in [4.69, 9.17) is 14.2 Å². The van der Waals surface area contributed by atoms with Crippen LogP contribution in [0.1, 0.15) is 0 Å². The normalized spacial score (nSPS) is 10.5. The van der Waals surface area contributed by atoms with Gasteiger partial charge < -0.3 is 29.2 Å². The van der Waals surface area contributed by atoms with Crippen LogP contribution in [-0.4, -0.2) is 29.9 Å². The van der Waals surface area contributed by atoms with Crippen LogP contribution in [0.3, 0.4) is 0 Å². The van der Waals surface area contributed by atoms with Gasteiger partial charge in [0.15, 0.2) is 0 Å². The lowest BCUT2D eigenvalue weighted by Gasteiger charge is -2.07. The monoisotopic (exact) mass is 324 g/mol. The predicted molar refractivity (Wildman–Crippen MR) is 82.4 cm³/mol. The highest BCUT2D eigenvalue weighted by atomic mass is 16.5. The van der Waals surface area contributed by atoms with Gasteiger partial charge in [-0.05, 0) is 18.2 Å². The zero-order chi connectivity index (χ0) is 16.2. The molecule has 0 saturated carbocycles. The maximum atomic E-state index is 5.54. The van der Waals surface area contributed by atoms with Gasteiger partial charge in [0.05, 0.1) is 0 Å². The van der Waals surface area contributed by atoms with E-state index in [1.807, 2.05) is 0 Å². The summed E-state index contributed by atoms with van der Waals surface area (Å²) in [6.45, 7) is 0. The molecular formula is C15H12N6O3. The molecule has 0 saturated heterocycles. The smallest absolute Gasteiger partial charge is 0.332 e. The van der Waals surface area contributed by atoms with Crippen molar-refractivity contribution in [2.45, 2.75) is 0 Å². The Morgan fingerprint density at radius 3 is 1.12 bits per heavy atom. The first-order chi connectivity index (χ1) is 11.8. The first-order valence-corrected chi connectivity index (χ1v) is 7.05. The summed E-state index contributed by atoms with van der Waals surface area (Å²) in [7, 11) is 0. The van der Waals surface area contributed by atoms with Gasteiger partial charge in [-0.2, -0.15) is 0 Å². The molecule has 3 N–H and O–H groups in total. The number of rotatable bonds is 6. The van der Waals surface area contributed by atoms with E-state index in [-0.39, 0.29) is 18.0 Å². The second-order valence-corrected chi connectivity index (χ2v) is 4.59. The van der Waals surface area contributed by atoms with Crippen LogP contribution < -0.4 is 14.2 Å². The number of hydrogen-bond donors (Lipinski definition) is 3. The van der Waals surface area contributed by atoms with Crippen molar-refractivity contribution >= 4 is 0 Å². The van der Waals surface area contributed by atoms with E-state index in [1.165, 1.54) is 0 Å². The molecule has 0 spiro atoms. The zero-order valence-corrected chi connectivity index (χ0v) is 12.3. The molecule has 0 fully saturated rings. The van der Waals surface area contributed by atoms with Gasteiger partial charge in [0.1, 0.15) is 0 Å². The average molecular weight is 324 g/mol. The molecule has 0 bridgehead atoms. The number of ether oxygens (including phenoxy) is 3. The fraction of sp³-hybridized carbons (Fsp3) is 0. The minimum Gasteiger partial charge on any atom is -0.407 e. The van der Waals surface area contributed by atoms with E-state index in [2.05, 4.69) is 29.9 Å². The lowest BCUT2D eigenvalue weighted by atomic mass is 10.6. The summed E-state index contributed by atoms with van der Waals surface area (Å²) in [5, 5.41) is 0. The van der Waals surface area contributed by atoms with Crippen molar-refractivity contribution in [3.8, 4) is 35.7 Å². The van der Waals surface area contributed by atoms with Crippen molar-refractivity contribution in [1.29, 1.82) is 0 Å². The molecule has 4 aromatic heterocycles. The summed E-state index contributed by atoms with van der Waals surface area (Å²) < 4.78 is 16.6. The van der Waals surface area contributed by atoms with Crippen LogP contribution in [-0.2, 0) is 0 Å². The molecule has 4 rings (SSSR count). The fourth-order valence-corrected chi connectivity index (χ4v) is 1.88. The number of nitrogens with one attached hydrogen (secondary N) is 3. The minimum absolute atomic E-state index is 0.0376. The predicted octanol–water partition coefficient (Wildman–Crippen LogP) is 3.23. The van der Waals surface area contributed by atoms with Crippen molar-refractivity contribution in [1.82, 2.24) is 29.9 Å². The maximum absolute atomic E-state index is 5.54. The lowest BCUT2D eigenvalue weighted by Crippen LogP contribution is -2.01. The molecule has 9 heteroatoms. The maximum Gasteiger partial charge on any atom is 0.332 e. The molecule has 4 heterocycles. The highest BCUT2D eigenvalue weighted by molar-refractivity contribution is 5.22. The summed E-state index contributed by atoms with van der Waals surface area (Å²) in [6, 6.07) is 10.7. The van der Waals surface area contributed by atoms with Crippen molar-refractivity contribution in [2.75, 3.05) is 0 Å². The van der Waals surface area contributed by atoms with Crippen LogP contribution in [0, 0.1) is 0 Å². The van der Waals surface area contributed by atoms with Gasteiger partial charge in [-0.3, -0.25) is 0 Å². The molecule has 24 heavy (non-hydrogen) atoms. The largest absolute Gasteiger partial charge is 0.407 e. The van der Waals surface area contributed by atoms with Crippen LogP contribution in [0.25, 0.3) is 0 Å². The minimum atomic E-state index is 0.0376. The molecule has 0 atom stereocenters. The zero-order valence-electron chi connectivity index (χ0n) is 12.3. The summed E-state index contributed by atoms with van der Waals surface area (Å²) in [4.78, 5) is 21.0. The number of nitrogens with zero attached hydrogens (tertiary/aromatic N) is 3. The van der Waals surface area contributed by atoms with Crippen LogP contribution in [0.15, 0.2) is 55.0 Å². The van der Waals surface area contributed by atoms with Crippen LogP contribution >= 0.6 is 0 Å². The standard InChI is InChI=1S/C15H12N6O3/c1-4-10(16-7-1)22-13-19-14(23-11-5-2-8-17-11)21-15(20-13)24-12-6-3-9-18-12/h1-9,16-18H. The fourth-order valence-electron chi connectivity index (χ4n) is 1.88. The number of aromatic nitrogens is 6. The van der Waals surface area contributed by atoms with E-state index in [0.717, 1.165) is 0 Å². The Kier molecular flexibility index (Phi) is 3.57. The lowest BCUT2D eigenvalue weighted by molar-refractivity contribution is 0.351. The Morgan fingerprint density at radius 2 is 0.875 bits per heavy atom.